The summed E-state index contributed by atoms with van der Waals surface area (Å²) in [5.74, 6) is -2.14. The average Bonchev–Trinajstić information content (AvgIpc) is 3.51. The molecule has 12 heteroatoms. The molecule has 47 heavy (non-hydrogen) atoms. The Morgan fingerprint density at radius 3 is 2.51 bits per heavy atom. The van der Waals surface area contributed by atoms with Crippen LogP contribution in [-0.4, -0.2) is 56.8 Å². The molecule has 3 heterocycles. The number of hydrogen-bond acceptors (Lipinski definition) is 8. The number of hydrogen-bond donors (Lipinski definition) is 4. The van der Waals surface area contributed by atoms with E-state index in [2.05, 4.69) is 27.4 Å². The standard InChI is InChI=1S/C35H37F2N7O3/c1-40-44-34(46-26-10-6-9-25(19-26)33-41-15-18-42(33)2)30(36)29(23-13-16-43(17-14-23)21-22-7-4-3-5-8-22)31(37)35(44)47-28-20-24(32(38)39)11-12-27(28)45/h3-12,15,18-20,23,35,40,45H,13-14,16-17,21H2,1-2H3,(H3,38,39). The van der Waals surface area contributed by atoms with Crippen molar-refractivity contribution in [2.75, 3.05) is 20.1 Å². The maximum absolute atomic E-state index is 16.7. The molecule has 1 saturated heterocycles. The van der Waals surface area contributed by atoms with Crippen molar-refractivity contribution >= 4 is 5.84 Å². The second-order valence-corrected chi connectivity index (χ2v) is 11.6. The number of allylic oxidation sites excluding steroid dienone is 2. The van der Waals surface area contributed by atoms with Crippen molar-refractivity contribution in [2.45, 2.75) is 25.6 Å². The topological polar surface area (TPSA) is 125 Å². The number of halogens is 2. The Balaban J connectivity index is 1.35. The molecule has 2 aliphatic heterocycles. The lowest BCUT2D eigenvalue weighted by atomic mass is 9.86. The van der Waals surface area contributed by atoms with Crippen LogP contribution in [0.25, 0.3) is 11.4 Å². The molecule has 5 N–H and O–H groups in total. The third-order valence-corrected chi connectivity index (χ3v) is 8.47. The number of nitrogens with one attached hydrogen (secondary N) is 2. The summed E-state index contributed by atoms with van der Waals surface area (Å²) in [7, 11) is 3.36. The first-order chi connectivity index (χ1) is 22.7. The van der Waals surface area contributed by atoms with Gasteiger partial charge in [-0.25, -0.2) is 24.2 Å². The Hall–Kier alpha value is -5.20. The number of aromatic nitrogens is 2. The van der Waals surface area contributed by atoms with Crippen molar-refractivity contribution in [3.63, 3.8) is 0 Å². The van der Waals surface area contributed by atoms with Gasteiger partial charge in [0.05, 0.1) is 0 Å². The highest BCUT2D eigenvalue weighted by Gasteiger charge is 2.43. The zero-order chi connectivity index (χ0) is 33.1. The Kier molecular flexibility index (Phi) is 9.23. The number of nitrogens with two attached hydrogens (primary N) is 1. The fraction of sp³-hybridized carbons (Fsp3) is 0.257. The highest BCUT2D eigenvalue weighted by molar-refractivity contribution is 5.95. The number of phenols is 1. The van der Waals surface area contributed by atoms with Crippen molar-refractivity contribution in [1.82, 2.24) is 24.9 Å². The molecule has 0 radical (unpaired) electrons. The van der Waals surface area contributed by atoms with Gasteiger partial charge in [0.15, 0.2) is 23.2 Å². The molecule has 0 amide bonds. The smallest absolute Gasteiger partial charge is 0.250 e. The van der Waals surface area contributed by atoms with Crippen molar-refractivity contribution in [1.29, 1.82) is 5.41 Å². The van der Waals surface area contributed by atoms with Crippen LogP contribution in [0.3, 0.4) is 0 Å². The Morgan fingerprint density at radius 1 is 1.06 bits per heavy atom. The predicted molar refractivity (Wildman–Crippen MR) is 174 cm³/mol. The number of nitrogens with zero attached hydrogens (tertiary/aromatic N) is 4. The Labute approximate surface area is 271 Å². The van der Waals surface area contributed by atoms with Crippen LogP contribution in [0, 0.1) is 11.3 Å². The number of piperidine rings is 1. The normalized spacial score (nSPS) is 17.7. The van der Waals surface area contributed by atoms with E-state index in [-0.39, 0.29) is 34.4 Å². The Bertz CT molecular complexity index is 1820. The van der Waals surface area contributed by atoms with Crippen molar-refractivity contribution in [3.8, 4) is 28.6 Å². The molecule has 10 nitrogen and oxygen atoms in total. The second kappa shape index (κ2) is 13.7. The van der Waals surface area contributed by atoms with E-state index in [0.717, 1.165) is 17.1 Å². The van der Waals surface area contributed by atoms with E-state index in [4.69, 9.17) is 20.6 Å². The van der Waals surface area contributed by atoms with Crippen LogP contribution in [0.2, 0.25) is 0 Å². The third kappa shape index (κ3) is 6.69. The summed E-state index contributed by atoms with van der Waals surface area (Å²) in [6, 6.07) is 21.2. The molecule has 0 bridgehead atoms. The van der Waals surface area contributed by atoms with Gasteiger partial charge in [-0.1, -0.05) is 42.5 Å². The minimum Gasteiger partial charge on any atom is -0.504 e. The predicted octanol–water partition coefficient (Wildman–Crippen LogP) is 5.59. The van der Waals surface area contributed by atoms with Gasteiger partial charge in [0.25, 0.3) is 5.88 Å². The van der Waals surface area contributed by atoms with E-state index < -0.39 is 23.8 Å². The molecular formula is C35H37F2N7O3. The van der Waals surface area contributed by atoms with Crippen molar-refractivity contribution in [2.24, 2.45) is 18.7 Å². The number of amidine groups is 1. The molecule has 4 aromatic rings. The zero-order valence-corrected chi connectivity index (χ0v) is 26.2. The van der Waals surface area contributed by atoms with Gasteiger partial charge in [0, 0.05) is 49.7 Å². The van der Waals surface area contributed by atoms with E-state index in [1.54, 1.807) is 24.4 Å². The molecule has 0 saturated carbocycles. The molecule has 3 aromatic carbocycles. The first-order valence-corrected chi connectivity index (χ1v) is 15.4. The maximum atomic E-state index is 16.7. The fourth-order valence-electron chi connectivity index (χ4n) is 6.04. The SMILES string of the molecule is CNN1C(Oc2cccc(-c3nccn3C)c2)=C(F)C(C2CCN(Cc3ccccc3)CC2)=C(F)C1Oc1cc(C(=N)N)ccc1O. The number of likely N-dealkylation sites (tertiary alicyclic amines) is 1. The summed E-state index contributed by atoms with van der Waals surface area (Å²) < 4.78 is 47.5. The van der Waals surface area contributed by atoms with E-state index in [9.17, 15) is 5.11 Å². The minimum atomic E-state index is -1.56. The monoisotopic (exact) mass is 641 g/mol. The van der Waals surface area contributed by atoms with Crippen molar-refractivity contribution in [3.05, 3.63) is 119 Å². The van der Waals surface area contributed by atoms with Crippen LogP contribution in [0.1, 0.15) is 24.0 Å². The van der Waals surface area contributed by atoms with E-state index >= 15 is 8.78 Å². The van der Waals surface area contributed by atoms with E-state index in [1.165, 1.54) is 30.8 Å². The number of imidazole rings is 1. The summed E-state index contributed by atoms with van der Waals surface area (Å²) in [5, 5.41) is 19.5. The van der Waals surface area contributed by atoms with E-state index in [0.29, 0.717) is 37.5 Å². The van der Waals surface area contributed by atoms with Crippen LogP contribution < -0.4 is 20.6 Å². The number of nitrogen functional groups attached to an aromatic ring is 1. The van der Waals surface area contributed by atoms with Crippen LogP contribution in [0.4, 0.5) is 8.78 Å². The highest BCUT2D eigenvalue weighted by atomic mass is 19.1. The van der Waals surface area contributed by atoms with Gasteiger partial charge in [0.1, 0.15) is 17.4 Å². The number of phenolic OH excluding ortho intramolecular Hbond substituents is 1. The molecule has 1 atom stereocenters. The second-order valence-electron chi connectivity index (χ2n) is 11.6. The molecule has 1 unspecified atom stereocenters. The molecule has 0 spiro atoms. The minimum absolute atomic E-state index is 0.127. The molecular weight excluding hydrogens is 604 g/mol. The van der Waals surface area contributed by atoms with Crippen LogP contribution in [0.15, 0.2) is 108 Å². The first kappa shape index (κ1) is 31.8. The zero-order valence-electron chi connectivity index (χ0n) is 26.2. The van der Waals surface area contributed by atoms with Gasteiger partial charge < -0.3 is 24.9 Å². The summed E-state index contributed by atoms with van der Waals surface area (Å²) in [6.45, 7) is 2.04. The summed E-state index contributed by atoms with van der Waals surface area (Å²) in [4.78, 5) is 6.66. The van der Waals surface area contributed by atoms with E-state index in [1.807, 2.05) is 42.1 Å². The first-order valence-electron chi connectivity index (χ1n) is 15.4. The largest absolute Gasteiger partial charge is 0.504 e. The van der Waals surface area contributed by atoms with Crippen molar-refractivity contribution < 1.29 is 23.4 Å². The van der Waals surface area contributed by atoms with Gasteiger partial charge in [0.2, 0.25) is 6.23 Å². The number of ether oxygens (including phenoxy) is 2. The van der Waals surface area contributed by atoms with Gasteiger partial charge in [-0.2, -0.15) is 0 Å². The molecule has 1 aromatic heterocycles. The molecule has 2 aliphatic rings. The third-order valence-electron chi connectivity index (χ3n) is 8.47. The van der Waals surface area contributed by atoms with Crippen LogP contribution in [-0.2, 0) is 13.6 Å². The maximum Gasteiger partial charge on any atom is 0.250 e. The number of aryl methyl sites for hydroxylation is 1. The Morgan fingerprint density at radius 2 is 1.83 bits per heavy atom. The fourth-order valence-corrected chi connectivity index (χ4v) is 6.04. The van der Waals surface area contributed by atoms with Crippen LogP contribution in [0.5, 0.6) is 17.2 Å². The number of aromatic hydroxyl groups is 1. The quantitative estimate of drug-likeness (QED) is 0.131. The molecule has 0 aliphatic carbocycles. The summed E-state index contributed by atoms with van der Waals surface area (Å²) in [5.41, 5.74) is 10.5. The summed E-state index contributed by atoms with van der Waals surface area (Å²) in [6.07, 6.45) is 2.97. The number of benzene rings is 3. The van der Waals surface area contributed by atoms with Gasteiger partial charge in [-0.3, -0.25) is 10.3 Å². The molecule has 6 rings (SSSR count). The lowest BCUT2D eigenvalue weighted by molar-refractivity contribution is -0.0109. The highest BCUT2D eigenvalue weighted by Crippen LogP contribution is 2.43. The lowest BCUT2D eigenvalue weighted by Gasteiger charge is -2.39. The lowest BCUT2D eigenvalue weighted by Crippen LogP contribution is -2.51. The molecule has 244 valence electrons. The van der Waals surface area contributed by atoms with Gasteiger partial charge in [-0.05, 0) is 67.7 Å². The number of hydrazine groups is 1. The van der Waals surface area contributed by atoms with Crippen LogP contribution >= 0.6 is 0 Å². The van der Waals surface area contributed by atoms with Gasteiger partial charge >= 0.3 is 0 Å². The number of rotatable bonds is 10. The van der Waals surface area contributed by atoms with Gasteiger partial charge in [-0.15, -0.1) is 0 Å². The average molecular weight is 642 g/mol. The molecule has 1 fully saturated rings. The summed E-state index contributed by atoms with van der Waals surface area (Å²) >= 11 is 0.